The van der Waals surface area contributed by atoms with E-state index in [0.29, 0.717) is 18.2 Å². The molecule has 0 aliphatic rings. The van der Waals surface area contributed by atoms with Crippen LogP contribution in [-0.2, 0) is 64.9 Å². The van der Waals surface area contributed by atoms with Crippen molar-refractivity contribution in [1.29, 1.82) is 0 Å². The lowest BCUT2D eigenvalue weighted by Gasteiger charge is -2.15. The van der Waals surface area contributed by atoms with Crippen molar-refractivity contribution >= 4 is 129 Å². The van der Waals surface area contributed by atoms with Crippen LogP contribution in [-0.4, -0.2) is 98.8 Å². The maximum Gasteiger partial charge on any atom is 0.398 e. The van der Waals surface area contributed by atoms with Crippen LogP contribution in [0.25, 0.3) is 21.5 Å². The molecular formula is C31H24ClN7O19S6. The summed E-state index contributed by atoms with van der Waals surface area (Å²) in [6, 6.07) is 11.0. The van der Waals surface area contributed by atoms with E-state index in [4.69, 9.17) is 16.2 Å². The molecule has 1 heterocycles. The highest BCUT2D eigenvalue weighted by Gasteiger charge is 2.30. The molecule has 0 spiro atoms. The quantitative estimate of drug-likeness (QED) is 0.0554. The van der Waals surface area contributed by atoms with Gasteiger partial charge in [-0.1, -0.05) is 24.3 Å². The molecule has 1 aromatic heterocycles. The Morgan fingerprint density at radius 1 is 0.641 bits per heavy atom. The van der Waals surface area contributed by atoms with Gasteiger partial charge in [0, 0.05) is 21.8 Å². The first-order valence-electron chi connectivity index (χ1n) is 16.5. The first kappa shape index (κ1) is 47.8. The van der Waals surface area contributed by atoms with Crippen molar-refractivity contribution < 1.29 is 82.6 Å². The number of hydrogen-bond donors (Lipinski definition) is 8. The van der Waals surface area contributed by atoms with E-state index in [1.807, 2.05) is 0 Å². The summed E-state index contributed by atoms with van der Waals surface area (Å²) in [6.45, 7) is 0.831. The molecule has 64 heavy (non-hydrogen) atoms. The van der Waals surface area contributed by atoms with E-state index in [1.54, 1.807) is 0 Å². The molecule has 0 aliphatic heterocycles. The third-order valence-electron chi connectivity index (χ3n) is 8.41. The average Bonchev–Trinajstić information content (AvgIpc) is 3.14. The molecule has 1 unspecified atom stereocenters. The zero-order chi connectivity index (χ0) is 47.5. The van der Waals surface area contributed by atoms with E-state index >= 15 is 0 Å². The van der Waals surface area contributed by atoms with Gasteiger partial charge in [0.05, 0.1) is 15.5 Å². The smallest absolute Gasteiger partial charge is 0.398 e. The van der Waals surface area contributed by atoms with Crippen molar-refractivity contribution in [2.45, 2.75) is 36.8 Å². The number of anilines is 4. The second kappa shape index (κ2) is 16.7. The van der Waals surface area contributed by atoms with Crippen molar-refractivity contribution in [2.24, 2.45) is 10.2 Å². The minimum atomic E-state index is -5.48. The molecule has 0 fully saturated rings. The van der Waals surface area contributed by atoms with Gasteiger partial charge in [0.1, 0.15) is 26.1 Å². The van der Waals surface area contributed by atoms with Crippen LogP contribution in [0.2, 0.25) is 5.28 Å². The summed E-state index contributed by atoms with van der Waals surface area (Å²) in [5.74, 6) is -2.31. The van der Waals surface area contributed by atoms with Gasteiger partial charge in [-0.15, -0.1) is 10.2 Å². The Bertz CT molecular complexity index is 3690. The molecule has 0 aliphatic carbocycles. The lowest BCUT2D eigenvalue weighted by atomic mass is 10.1. The molecule has 6 aromatic rings. The number of phenolic OH excluding ortho intramolecular Hbond substituents is 1. The van der Waals surface area contributed by atoms with Gasteiger partial charge >= 0.3 is 10.4 Å². The molecule has 0 radical (unpaired) electrons. The molecule has 33 heteroatoms. The zero-order valence-corrected chi connectivity index (χ0v) is 36.7. The summed E-state index contributed by atoms with van der Waals surface area (Å²) < 4.78 is 200. The summed E-state index contributed by atoms with van der Waals surface area (Å²) in [7, 11) is -30.7. The fraction of sp³-hybridized carbons (Fsp3) is 0.0645. The maximum atomic E-state index is 12.9. The molecule has 0 saturated heterocycles. The van der Waals surface area contributed by atoms with Crippen molar-refractivity contribution in [3.63, 3.8) is 0 Å². The topological polar surface area (TPSA) is 423 Å². The Kier molecular flexibility index (Phi) is 12.5. The first-order chi connectivity index (χ1) is 29.3. The second-order valence-corrected chi connectivity index (χ2v) is 21.8. The minimum Gasteiger partial charge on any atom is -0.505 e. The van der Waals surface area contributed by atoms with Gasteiger partial charge in [-0.25, -0.2) is 12.6 Å². The van der Waals surface area contributed by atoms with E-state index in [-0.39, 0.29) is 5.69 Å². The van der Waals surface area contributed by atoms with E-state index < -0.39 is 152 Å². The molecule has 0 bridgehead atoms. The summed E-state index contributed by atoms with van der Waals surface area (Å²) in [5.41, 5.74) is -4.73. The highest BCUT2D eigenvalue weighted by molar-refractivity contribution is 7.92. The van der Waals surface area contributed by atoms with E-state index in [0.717, 1.165) is 49.4 Å². The van der Waals surface area contributed by atoms with E-state index in [9.17, 15) is 73.8 Å². The molecule has 26 nitrogen and oxygen atoms in total. The monoisotopic (exact) mass is 1020 g/mol. The third kappa shape index (κ3) is 10.3. The molecule has 340 valence electrons. The van der Waals surface area contributed by atoms with Gasteiger partial charge in [0.15, 0.2) is 11.2 Å². The van der Waals surface area contributed by atoms with Crippen LogP contribution in [0.4, 0.5) is 34.6 Å². The number of aromatic hydroxyl groups is 1. The van der Waals surface area contributed by atoms with Crippen molar-refractivity contribution in [2.75, 3.05) is 10.6 Å². The number of fused-ring (bicyclic) bond motifs is 2. The third-order valence-corrected chi connectivity index (χ3v) is 14.7. The number of rotatable bonds is 14. The molecule has 5 aromatic carbocycles. The van der Waals surface area contributed by atoms with Gasteiger partial charge in [-0.3, -0.25) is 22.8 Å². The predicted molar refractivity (Wildman–Crippen MR) is 220 cm³/mol. The standard InChI is InChI=1S/C31H24ClN7O19S6/c1-14(58-64(55,56)57)59(41,42)17-5-2-4-16(12-17)33-30-35-29(32)36-31(37-30)34-22-13-18(60(43,44)45)10-15-11-24(62(49,50)51)26(27(40)25(15)22)39-38-21-9-8-19-20(28(21)63(52,53)54)6-3-7-23(19)61(46,47)48/h2-14,40H,1H3,(H,43,44,45)(H,46,47,48)(H,49,50,51)(H,52,53,54)(H,55,56,57)(H2,33,34,35,36,37). The van der Waals surface area contributed by atoms with Gasteiger partial charge < -0.3 is 15.7 Å². The number of azo groups is 1. The number of hydrogen-bond acceptors (Lipinski definition) is 21. The van der Waals surface area contributed by atoms with Crippen LogP contribution in [0, 0.1) is 0 Å². The van der Waals surface area contributed by atoms with Crippen LogP contribution in [0.1, 0.15) is 6.92 Å². The fourth-order valence-electron chi connectivity index (χ4n) is 5.85. The van der Waals surface area contributed by atoms with Crippen LogP contribution >= 0.6 is 11.6 Å². The van der Waals surface area contributed by atoms with Crippen LogP contribution in [0.3, 0.4) is 0 Å². The van der Waals surface area contributed by atoms with Crippen molar-refractivity contribution in [1.82, 2.24) is 15.0 Å². The molecule has 6 rings (SSSR count). The van der Waals surface area contributed by atoms with Crippen LogP contribution < -0.4 is 10.6 Å². The average molecular weight is 1030 g/mol. The number of benzene rings is 5. The Morgan fingerprint density at radius 3 is 1.86 bits per heavy atom. The van der Waals surface area contributed by atoms with Crippen molar-refractivity contribution in [3.05, 3.63) is 78.1 Å². The van der Waals surface area contributed by atoms with Gasteiger partial charge in [0.25, 0.3) is 40.5 Å². The van der Waals surface area contributed by atoms with Gasteiger partial charge in [-0.05, 0) is 72.4 Å². The van der Waals surface area contributed by atoms with Crippen LogP contribution in [0.5, 0.6) is 5.75 Å². The van der Waals surface area contributed by atoms with Gasteiger partial charge in [-0.2, -0.15) is 57.0 Å². The summed E-state index contributed by atoms with van der Waals surface area (Å²) in [5, 5.41) is 21.3. The van der Waals surface area contributed by atoms with Gasteiger partial charge in [0.2, 0.25) is 27.0 Å². The first-order valence-corrected chi connectivity index (χ1v) is 25.6. The molecule has 0 amide bonds. The largest absolute Gasteiger partial charge is 0.505 e. The fourth-order valence-corrected chi connectivity index (χ4v) is 10.7. The molecular weight excluding hydrogens is 1000 g/mol. The van der Waals surface area contributed by atoms with Crippen LogP contribution in [0.15, 0.2) is 108 Å². The highest BCUT2D eigenvalue weighted by atomic mass is 35.5. The number of sulfone groups is 1. The molecule has 8 N–H and O–H groups in total. The summed E-state index contributed by atoms with van der Waals surface area (Å²) in [4.78, 5) is 7.06. The van der Waals surface area contributed by atoms with E-state index in [2.05, 4.69) is 40.0 Å². The number of phenols is 1. The molecule has 0 saturated carbocycles. The lowest BCUT2D eigenvalue weighted by molar-refractivity contribution is 0.251. The summed E-state index contributed by atoms with van der Waals surface area (Å²) in [6.07, 6.45) is 0. The number of aromatic nitrogens is 3. The maximum absolute atomic E-state index is 12.9. The number of nitrogens with zero attached hydrogens (tertiary/aromatic N) is 5. The normalized spacial score (nSPS) is 13.7. The number of halogens is 1. The Labute approximate surface area is 365 Å². The lowest BCUT2D eigenvalue weighted by Crippen LogP contribution is -2.24. The Morgan fingerprint density at radius 2 is 1.27 bits per heavy atom. The SMILES string of the molecule is CC(OS(=O)(=O)O)S(=O)(=O)c1cccc(Nc2nc(Cl)nc(Nc3cc(S(=O)(=O)O)cc4cc(S(=O)(=O)O)c(N=Nc5ccc6c(S(=O)(=O)O)cccc6c5S(=O)(=O)O)c(O)c34)n2)c1. The summed E-state index contributed by atoms with van der Waals surface area (Å²) >= 11 is 6.11. The zero-order valence-electron chi connectivity index (χ0n) is 31.1. The van der Waals surface area contributed by atoms with E-state index in [1.165, 1.54) is 12.1 Å². The van der Waals surface area contributed by atoms with Crippen molar-refractivity contribution in [3.8, 4) is 5.75 Å². The Balaban J connectivity index is 1.50. The molecule has 1 atom stereocenters. The number of nitrogens with one attached hydrogen (secondary N) is 2. The minimum absolute atomic E-state index is 0.0833. The highest BCUT2D eigenvalue weighted by Crippen LogP contribution is 2.46. The predicted octanol–water partition coefficient (Wildman–Crippen LogP) is 4.37. The second-order valence-electron chi connectivity index (χ2n) is 12.7. The Hall–Kier alpha value is -5.62.